The molecule has 1 aliphatic heterocycles. The highest BCUT2D eigenvalue weighted by Gasteiger charge is 2.22. The van der Waals surface area contributed by atoms with Crippen molar-refractivity contribution < 1.29 is 9.53 Å². The highest BCUT2D eigenvalue weighted by molar-refractivity contribution is 5.95. The molecule has 1 aromatic carbocycles. The van der Waals surface area contributed by atoms with Crippen LogP contribution in [-0.2, 0) is 9.53 Å². The van der Waals surface area contributed by atoms with Crippen molar-refractivity contribution in [3.8, 4) is 11.3 Å². The fourth-order valence-corrected chi connectivity index (χ4v) is 3.15. The molecular formula is C19H23N5O2. The molecule has 0 spiro atoms. The monoisotopic (exact) mass is 353 g/mol. The smallest absolute Gasteiger partial charge is 0.305 e. The van der Waals surface area contributed by atoms with E-state index in [2.05, 4.69) is 15.1 Å². The zero-order valence-corrected chi connectivity index (χ0v) is 14.8. The van der Waals surface area contributed by atoms with Gasteiger partial charge in [0.15, 0.2) is 5.82 Å². The number of aromatic nitrogens is 2. The number of carbonyl (C=O) groups is 1. The van der Waals surface area contributed by atoms with Crippen molar-refractivity contribution in [2.75, 3.05) is 25.1 Å². The maximum Gasteiger partial charge on any atom is 0.305 e. The normalized spacial score (nSPS) is 14.9. The van der Waals surface area contributed by atoms with Gasteiger partial charge in [0.1, 0.15) is 5.84 Å². The number of carbonyl (C=O) groups excluding carboxylic acids is 1. The molecule has 1 aromatic heterocycles. The summed E-state index contributed by atoms with van der Waals surface area (Å²) in [5, 5.41) is 16.1. The van der Waals surface area contributed by atoms with Crippen LogP contribution in [0, 0.1) is 11.3 Å². The fourth-order valence-electron chi connectivity index (χ4n) is 3.15. The number of amidine groups is 1. The summed E-state index contributed by atoms with van der Waals surface area (Å²) in [4.78, 5) is 13.6. The van der Waals surface area contributed by atoms with Crippen LogP contribution in [0.1, 0.15) is 24.8 Å². The lowest BCUT2D eigenvalue weighted by Crippen LogP contribution is -2.35. The number of benzene rings is 1. The predicted octanol–water partition coefficient (Wildman–Crippen LogP) is 2.21. The number of anilines is 1. The van der Waals surface area contributed by atoms with Crippen LogP contribution in [-0.4, -0.2) is 42.2 Å². The quantitative estimate of drug-likeness (QED) is 0.485. The lowest BCUT2D eigenvalue weighted by molar-refractivity contribution is -0.141. The number of esters is 1. The van der Waals surface area contributed by atoms with E-state index in [1.54, 1.807) is 12.1 Å². The Labute approximate surface area is 152 Å². The van der Waals surface area contributed by atoms with E-state index in [0.717, 1.165) is 43.0 Å². The number of nitrogens with two attached hydrogens (primary N) is 1. The number of hydrogen-bond donors (Lipinski definition) is 2. The van der Waals surface area contributed by atoms with E-state index in [1.807, 2.05) is 24.3 Å². The van der Waals surface area contributed by atoms with E-state index >= 15 is 0 Å². The molecule has 0 radical (unpaired) electrons. The standard InChI is InChI=1S/C19H23N5O2/c1-26-18(25)12-13-8-10-24(11-9-13)17-7-6-16(22-23-17)14-2-4-15(5-3-14)19(20)21/h2-7,13H,8-12H2,1H3,(H3,20,21). The second-order valence-electron chi connectivity index (χ2n) is 6.48. The van der Waals surface area contributed by atoms with Gasteiger partial charge >= 0.3 is 5.97 Å². The average molecular weight is 353 g/mol. The van der Waals surface area contributed by atoms with Gasteiger partial charge in [-0.1, -0.05) is 24.3 Å². The van der Waals surface area contributed by atoms with Gasteiger partial charge in [0.25, 0.3) is 0 Å². The highest BCUT2D eigenvalue weighted by atomic mass is 16.5. The Morgan fingerprint density at radius 1 is 1.19 bits per heavy atom. The highest BCUT2D eigenvalue weighted by Crippen LogP contribution is 2.25. The first-order valence-corrected chi connectivity index (χ1v) is 8.67. The maximum atomic E-state index is 11.4. The summed E-state index contributed by atoms with van der Waals surface area (Å²) in [6, 6.07) is 11.3. The lowest BCUT2D eigenvalue weighted by Gasteiger charge is -2.32. The van der Waals surface area contributed by atoms with Crippen molar-refractivity contribution in [1.82, 2.24) is 10.2 Å². The van der Waals surface area contributed by atoms with Crippen molar-refractivity contribution in [3.63, 3.8) is 0 Å². The number of piperidine rings is 1. The van der Waals surface area contributed by atoms with Crippen LogP contribution in [0.4, 0.5) is 5.82 Å². The molecule has 0 bridgehead atoms. The topological polar surface area (TPSA) is 105 Å². The molecule has 7 heteroatoms. The van der Waals surface area contributed by atoms with Crippen LogP contribution in [0.15, 0.2) is 36.4 Å². The zero-order valence-electron chi connectivity index (χ0n) is 14.8. The summed E-state index contributed by atoms with van der Waals surface area (Å²) in [6.45, 7) is 1.73. The fraction of sp³-hybridized carbons (Fsp3) is 0.368. The van der Waals surface area contributed by atoms with Gasteiger partial charge in [-0.3, -0.25) is 10.2 Å². The molecule has 1 aliphatic rings. The predicted molar refractivity (Wildman–Crippen MR) is 100 cm³/mol. The van der Waals surface area contributed by atoms with Gasteiger partial charge in [-0.2, -0.15) is 0 Å². The molecule has 1 fully saturated rings. The zero-order chi connectivity index (χ0) is 18.5. The Morgan fingerprint density at radius 2 is 1.88 bits per heavy atom. The van der Waals surface area contributed by atoms with E-state index in [1.165, 1.54) is 7.11 Å². The molecule has 26 heavy (non-hydrogen) atoms. The van der Waals surface area contributed by atoms with Crippen LogP contribution in [0.3, 0.4) is 0 Å². The number of nitrogen functional groups attached to an aromatic ring is 1. The van der Waals surface area contributed by atoms with Crippen LogP contribution < -0.4 is 10.6 Å². The van der Waals surface area contributed by atoms with Crippen LogP contribution in [0.2, 0.25) is 0 Å². The Balaban J connectivity index is 1.61. The summed E-state index contributed by atoms with van der Waals surface area (Å²) in [5.41, 5.74) is 7.88. The summed E-state index contributed by atoms with van der Waals surface area (Å²) in [6.07, 6.45) is 2.39. The summed E-state index contributed by atoms with van der Waals surface area (Å²) in [5.74, 6) is 1.15. The number of nitrogens with zero attached hydrogens (tertiary/aromatic N) is 3. The van der Waals surface area contributed by atoms with E-state index < -0.39 is 0 Å². The van der Waals surface area contributed by atoms with Gasteiger partial charge in [-0.15, -0.1) is 10.2 Å². The molecule has 2 aromatic rings. The van der Waals surface area contributed by atoms with E-state index in [-0.39, 0.29) is 11.8 Å². The summed E-state index contributed by atoms with van der Waals surface area (Å²) < 4.78 is 4.75. The number of methoxy groups -OCH3 is 1. The van der Waals surface area contributed by atoms with Crippen molar-refractivity contribution in [3.05, 3.63) is 42.0 Å². The second-order valence-corrected chi connectivity index (χ2v) is 6.48. The SMILES string of the molecule is COC(=O)CC1CCN(c2ccc(-c3ccc(C(=N)N)cc3)nn2)CC1. The first-order valence-electron chi connectivity index (χ1n) is 8.67. The summed E-state index contributed by atoms with van der Waals surface area (Å²) >= 11 is 0. The molecule has 3 N–H and O–H groups in total. The molecule has 0 saturated carbocycles. The maximum absolute atomic E-state index is 11.4. The molecule has 0 unspecified atom stereocenters. The number of ether oxygens (including phenoxy) is 1. The minimum absolute atomic E-state index is 0.0496. The molecule has 3 rings (SSSR count). The Hall–Kier alpha value is -2.96. The van der Waals surface area contributed by atoms with Crippen molar-refractivity contribution >= 4 is 17.6 Å². The Kier molecular flexibility index (Phi) is 5.46. The van der Waals surface area contributed by atoms with E-state index in [4.69, 9.17) is 15.9 Å². The molecule has 2 heterocycles. The third-order valence-electron chi connectivity index (χ3n) is 4.76. The molecule has 0 aliphatic carbocycles. The number of rotatable bonds is 5. The van der Waals surface area contributed by atoms with Crippen molar-refractivity contribution in [2.24, 2.45) is 11.7 Å². The van der Waals surface area contributed by atoms with Gasteiger partial charge < -0.3 is 15.4 Å². The molecule has 136 valence electrons. The second kappa shape index (κ2) is 7.95. The molecule has 1 saturated heterocycles. The average Bonchev–Trinajstić information content (AvgIpc) is 2.68. The van der Waals surface area contributed by atoms with E-state index in [0.29, 0.717) is 17.9 Å². The largest absolute Gasteiger partial charge is 0.469 e. The molecule has 7 nitrogen and oxygen atoms in total. The van der Waals surface area contributed by atoms with Crippen LogP contribution in [0.5, 0.6) is 0 Å². The lowest BCUT2D eigenvalue weighted by atomic mass is 9.93. The number of nitrogens with one attached hydrogen (secondary N) is 1. The van der Waals surface area contributed by atoms with Gasteiger partial charge in [0.05, 0.1) is 12.8 Å². The minimum Gasteiger partial charge on any atom is -0.469 e. The molecular weight excluding hydrogens is 330 g/mol. The summed E-state index contributed by atoms with van der Waals surface area (Å²) in [7, 11) is 1.43. The van der Waals surface area contributed by atoms with Gasteiger partial charge in [-0.25, -0.2) is 0 Å². The van der Waals surface area contributed by atoms with Crippen LogP contribution in [0.25, 0.3) is 11.3 Å². The van der Waals surface area contributed by atoms with Crippen LogP contribution >= 0.6 is 0 Å². The minimum atomic E-state index is -0.136. The Morgan fingerprint density at radius 3 is 2.42 bits per heavy atom. The van der Waals surface area contributed by atoms with Gasteiger partial charge in [0, 0.05) is 30.6 Å². The van der Waals surface area contributed by atoms with E-state index in [9.17, 15) is 4.79 Å². The molecule has 0 amide bonds. The van der Waals surface area contributed by atoms with Gasteiger partial charge in [-0.05, 0) is 30.9 Å². The van der Waals surface area contributed by atoms with Crippen molar-refractivity contribution in [1.29, 1.82) is 5.41 Å². The Bertz CT molecular complexity index is 766. The number of hydrogen-bond acceptors (Lipinski definition) is 6. The first kappa shape index (κ1) is 17.8. The van der Waals surface area contributed by atoms with Gasteiger partial charge in [0.2, 0.25) is 0 Å². The first-order chi connectivity index (χ1) is 12.6. The third-order valence-corrected chi connectivity index (χ3v) is 4.76. The molecule has 0 atom stereocenters. The van der Waals surface area contributed by atoms with Crippen molar-refractivity contribution in [2.45, 2.75) is 19.3 Å². The third kappa shape index (κ3) is 4.17.